The van der Waals surface area contributed by atoms with Crippen LogP contribution in [-0.4, -0.2) is 69.3 Å². The molecule has 1 heterocycles. The molecule has 0 aromatic heterocycles. The molecule has 1 aliphatic rings. The first-order chi connectivity index (χ1) is 9.61. The van der Waals surface area contributed by atoms with E-state index in [4.69, 9.17) is 9.47 Å². The molecule has 0 N–H and O–H groups in total. The van der Waals surface area contributed by atoms with Crippen molar-refractivity contribution >= 4 is 5.91 Å². The maximum Gasteiger partial charge on any atom is 0.257 e. The van der Waals surface area contributed by atoms with Gasteiger partial charge < -0.3 is 19.3 Å². The van der Waals surface area contributed by atoms with Crippen molar-refractivity contribution in [2.75, 3.05) is 47.4 Å². The summed E-state index contributed by atoms with van der Waals surface area (Å²) in [6, 6.07) is 7.28. The zero-order chi connectivity index (χ0) is 14.5. The van der Waals surface area contributed by atoms with E-state index in [-0.39, 0.29) is 12.0 Å². The molecule has 1 saturated heterocycles. The summed E-state index contributed by atoms with van der Waals surface area (Å²) >= 11 is 0. The number of amides is 1. The Labute approximate surface area is 120 Å². The van der Waals surface area contributed by atoms with E-state index in [1.807, 2.05) is 12.1 Å². The predicted octanol–water partition coefficient (Wildman–Crippen LogP) is 1.10. The molecule has 5 heteroatoms. The van der Waals surface area contributed by atoms with Gasteiger partial charge in [0.15, 0.2) is 0 Å². The van der Waals surface area contributed by atoms with E-state index >= 15 is 0 Å². The number of carbonyl (C=O) groups is 1. The zero-order valence-corrected chi connectivity index (χ0v) is 12.3. The van der Waals surface area contributed by atoms with Crippen LogP contribution in [0.2, 0.25) is 0 Å². The van der Waals surface area contributed by atoms with Crippen molar-refractivity contribution in [2.24, 2.45) is 0 Å². The smallest absolute Gasteiger partial charge is 0.257 e. The number of ether oxygens (including phenoxy) is 2. The van der Waals surface area contributed by atoms with Crippen molar-refractivity contribution in [3.8, 4) is 5.75 Å². The van der Waals surface area contributed by atoms with Crippen molar-refractivity contribution in [1.82, 2.24) is 9.80 Å². The second-order valence-electron chi connectivity index (χ2n) is 5.14. The third-order valence-electron chi connectivity index (χ3n) is 3.50. The summed E-state index contributed by atoms with van der Waals surface area (Å²) in [5, 5.41) is 0. The van der Waals surface area contributed by atoms with Gasteiger partial charge in [-0.1, -0.05) is 12.1 Å². The lowest BCUT2D eigenvalue weighted by Crippen LogP contribution is -2.46. The lowest BCUT2D eigenvalue weighted by molar-refractivity contribution is -0.0301. The van der Waals surface area contributed by atoms with Gasteiger partial charge in [0.05, 0.1) is 25.4 Å². The van der Waals surface area contributed by atoms with Gasteiger partial charge in [-0.2, -0.15) is 0 Å². The number of para-hydroxylation sites is 1. The molecule has 20 heavy (non-hydrogen) atoms. The largest absolute Gasteiger partial charge is 0.496 e. The number of carbonyl (C=O) groups excluding carboxylic acids is 1. The average molecular weight is 278 g/mol. The quantitative estimate of drug-likeness (QED) is 0.827. The molecular formula is C15H22N2O3. The summed E-state index contributed by atoms with van der Waals surface area (Å²) in [4.78, 5) is 16.4. The Hall–Kier alpha value is -1.59. The van der Waals surface area contributed by atoms with E-state index in [0.29, 0.717) is 17.9 Å². The second-order valence-corrected chi connectivity index (χ2v) is 5.14. The highest BCUT2D eigenvalue weighted by molar-refractivity contribution is 5.96. The summed E-state index contributed by atoms with van der Waals surface area (Å²) in [5.74, 6) is 0.560. The first kappa shape index (κ1) is 14.8. The molecule has 1 fully saturated rings. The summed E-state index contributed by atoms with van der Waals surface area (Å²) < 4.78 is 10.9. The van der Waals surface area contributed by atoms with Gasteiger partial charge in [-0.15, -0.1) is 0 Å². The zero-order valence-electron chi connectivity index (χ0n) is 12.3. The summed E-state index contributed by atoms with van der Waals surface area (Å²) in [7, 11) is 5.44. The van der Waals surface area contributed by atoms with Gasteiger partial charge in [0, 0.05) is 26.7 Å². The molecule has 0 saturated carbocycles. The molecule has 0 bridgehead atoms. The summed E-state index contributed by atoms with van der Waals surface area (Å²) in [6.45, 7) is 3.10. The fourth-order valence-electron chi connectivity index (χ4n) is 2.39. The predicted molar refractivity (Wildman–Crippen MR) is 77.2 cm³/mol. The Morgan fingerprint density at radius 1 is 1.50 bits per heavy atom. The number of rotatable bonds is 4. The third kappa shape index (κ3) is 3.49. The van der Waals surface area contributed by atoms with Crippen LogP contribution < -0.4 is 4.74 Å². The van der Waals surface area contributed by atoms with Gasteiger partial charge >= 0.3 is 0 Å². The monoisotopic (exact) mass is 278 g/mol. The van der Waals surface area contributed by atoms with Crippen LogP contribution in [0.15, 0.2) is 24.3 Å². The molecule has 1 aromatic rings. The number of morpholine rings is 1. The number of hydrogen-bond donors (Lipinski definition) is 0. The van der Waals surface area contributed by atoms with Crippen molar-refractivity contribution in [1.29, 1.82) is 0 Å². The number of methoxy groups -OCH3 is 1. The van der Waals surface area contributed by atoms with E-state index in [1.54, 1.807) is 31.2 Å². The fourth-order valence-corrected chi connectivity index (χ4v) is 2.39. The maximum absolute atomic E-state index is 12.5. The highest BCUT2D eigenvalue weighted by Crippen LogP contribution is 2.19. The van der Waals surface area contributed by atoms with E-state index in [1.165, 1.54) is 0 Å². The van der Waals surface area contributed by atoms with Crippen LogP contribution in [-0.2, 0) is 4.74 Å². The third-order valence-corrected chi connectivity index (χ3v) is 3.50. The highest BCUT2D eigenvalue weighted by atomic mass is 16.5. The van der Waals surface area contributed by atoms with Gasteiger partial charge in [0.2, 0.25) is 0 Å². The van der Waals surface area contributed by atoms with Gasteiger partial charge in [0.25, 0.3) is 5.91 Å². The van der Waals surface area contributed by atoms with Crippen LogP contribution in [0.25, 0.3) is 0 Å². The van der Waals surface area contributed by atoms with Crippen molar-refractivity contribution in [3.05, 3.63) is 29.8 Å². The average Bonchev–Trinajstić information content (AvgIpc) is 2.46. The van der Waals surface area contributed by atoms with Crippen molar-refractivity contribution in [2.45, 2.75) is 6.10 Å². The van der Waals surface area contributed by atoms with Crippen LogP contribution in [0.5, 0.6) is 5.75 Å². The van der Waals surface area contributed by atoms with Crippen LogP contribution >= 0.6 is 0 Å². The van der Waals surface area contributed by atoms with Gasteiger partial charge in [-0.25, -0.2) is 0 Å². The first-order valence-electron chi connectivity index (χ1n) is 6.80. The Kier molecular flexibility index (Phi) is 4.98. The Morgan fingerprint density at radius 3 is 2.95 bits per heavy atom. The summed E-state index contributed by atoms with van der Waals surface area (Å²) in [6.07, 6.45) is 0.0670. The van der Waals surface area contributed by atoms with E-state index < -0.39 is 0 Å². The Balaban J connectivity index is 2.01. The van der Waals surface area contributed by atoms with Crippen molar-refractivity contribution < 1.29 is 14.3 Å². The van der Waals surface area contributed by atoms with Crippen molar-refractivity contribution in [3.63, 3.8) is 0 Å². The number of hydrogen-bond acceptors (Lipinski definition) is 4. The maximum atomic E-state index is 12.5. The minimum Gasteiger partial charge on any atom is -0.496 e. The SMILES string of the molecule is COc1ccccc1C(=O)N(C)CC1CN(C)CCO1. The fraction of sp³-hybridized carbons (Fsp3) is 0.533. The van der Waals surface area contributed by atoms with Gasteiger partial charge in [-0.3, -0.25) is 4.79 Å². The standard InChI is InChI=1S/C15H22N2O3/c1-16-8-9-20-12(10-16)11-17(2)15(18)13-6-4-5-7-14(13)19-3/h4-7,12H,8-11H2,1-3H3. The van der Waals surface area contributed by atoms with E-state index in [0.717, 1.165) is 19.7 Å². The first-order valence-corrected chi connectivity index (χ1v) is 6.80. The molecule has 1 unspecified atom stereocenters. The molecule has 1 aromatic carbocycles. The van der Waals surface area contributed by atoms with E-state index in [9.17, 15) is 4.79 Å². The van der Waals surface area contributed by atoms with Gasteiger partial charge in [0.1, 0.15) is 5.75 Å². The number of benzene rings is 1. The Morgan fingerprint density at radius 2 is 2.25 bits per heavy atom. The lowest BCUT2D eigenvalue weighted by Gasteiger charge is -2.32. The number of likely N-dealkylation sites (N-methyl/N-ethyl adjacent to an activating group) is 2. The molecular weight excluding hydrogens is 256 g/mol. The summed E-state index contributed by atoms with van der Waals surface area (Å²) in [5.41, 5.74) is 0.585. The normalized spacial score (nSPS) is 19.6. The highest BCUT2D eigenvalue weighted by Gasteiger charge is 2.23. The molecule has 1 aliphatic heterocycles. The van der Waals surface area contributed by atoms with E-state index in [2.05, 4.69) is 11.9 Å². The minimum absolute atomic E-state index is 0.0423. The van der Waals surface area contributed by atoms with Crippen LogP contribution in [0.3, 0.4) is 0 Å². The Bertz CT molecular complexity index is 464. The molecule has 110 valence electrons. The topological polar surface area (TPSA) is 42.0 Å². The van der Waals surface area contributed by atoms with Gasteiger partial charge in [-0.05, 0) is 19.2 Å². The molecule has 1 amide bonds. The molecule has 0 radical (unpaired) electrons. The molecule has 1 atom stereocenters. The van der Waals surface area contributed by atoms with Crippen LogP contribution in [0.4, 0.5) is 0 Å². The molecule has 0 spiro atoms. The number of nitrogens with zero attached hydrogens (tertiary/aromatic N) is 2. The second kappa shape index (κ2) is 6.72. The molecule has 0 aliphatic carbocycles. The molecule has 5 nitrogen and oxygen atoms in total. The molecule has 2 rings (SSSR count). The minimum atomic E-state index is -0.0423. The lowest BCUT2D eigenvalue weighted by atomic mass is 10.1. The van der Waals surface area contributed by atoms with Crippen LogP contribution in [0.1, 0.15) is 10.4 Å². The van der Waals surface area contributed by atoms with Crippen LogP contribution in [0, 0.1) is 0 Å².